The van der Waals surface area contributed by atoms with E-state index in [1.54, 1.807) is 7.11 Å². The van der Waals surface area contributed by atoms with Crippen molar-refractivity contribution in [2.75, 3.05) is 54.6 Å². The number of nitrogens with one attached hydrogen (secondary N) is 1. The summed E-state index contributed by atoms with van der Waals surface area (Å²) in [6, 6.07) is 8.79. The Labute approximate surface area is 187 Å². The Kier molecular flexibility index (Phi) is 12.7. The van der Waals surface area contributed by atoms with Crippen LogP contribution in [-0.4, -0.2) is 76.4 Å². The highest BCUT2D eigenvalue weighted by Gasteiger charge is 2.21. The highest BCUT2D eigenvalue weighted by atomic mass is 127. The van der Waals surface area contributed by atoms with Crippen molar-refractivity contribution in [2.45, 2.75) is 38.5 Å². The van der Waals surface area contributed by atoms with Gasteiger partial charge in [-0.15, -0.1) is 24.0 Å². The molecule has 0 atom stereocenters. The monoisotopic (exact) mass is 504 g/mol. The number of rotatable bonds is 9. The maximum Gasteiger partial charge on any atom is 0.193 e. The van der Waals surface area contributed by atoms with Gasteiger partial charge in [0.25, 0.3) is 0 Å². The average Bonchev–Trinajstić information content (AvgIpc) is 2.67. The predicted molar refractivity (Wildman–Crippen MR) is 126 cm³/mol. The van der Waals surface area contributed by atoms with E-state index in [1.165, 1.54) is 11.1 Å². The standard InChI is InChI=1S/C21H36N4O2.HI/c1-22-21(23-16-18-6-8-19(9-7-18)17-24(2)3)25-12-10-20(11-13-25)27-15-5-14-26-4;/h6-9,20H,5,10-17H2,1-4H3,(H,22,23);1H. The smallest absolute Gasteiger partial charge is 0.193 e. The maximum atomic E-state index is 5.94. The van der Waals surface area contributed by atoms with Gasteiger partial charge in [-0.1, -0.05) is 24.3 Å². The lowest BCUT2D eigenvalue weighted by Gasteiger charge is -2.34. The minimum Gasteiger partial charge on any atom is -0.385 e. The van der Waals surface area contributed by atoms with Crippen molar-refractivity contribution in [3.05, 3.63) is 35.4 Å². The van der Waals surface area contributed by atoms with Gasteiger partial charge in [-0.2, -0.15) is 0 Å². The first-order valence-corrected chi connectivity index (χ1v) is 9.91. The molecule has 1 aromatic rings. The molecule has 7 heteroatoms. The van der Waals surface area contributed by atoms with E-state index in [4.69, 9.17) is 9.47 Å². The molecule has 6 nitrogen and oxygen atoms in total. The molecule has 0 aliphatic carbocycles. The van der Waals surface area contributed by atoms with Gasteiger partial charge in [0.2, 0.25) is 0 Å². The van der Waals surface area contributed by atoms with Crippen molar-refractivity contribution in [3.63, 3.8) is 0 Å². The zero-order valence-corrected chi connectivity index (χ0v) is 20.1. The number of hydrogen-bond donors (Lipinski definition) is 1. The lowest BCUT2D eigenvalue weighted by Crippen LogP contribution is -2.46. The molecule has 160 valence electrons. The molecule has 0 aromatic heterocycles. The van der Waals surface area contributed by atoms with E-state index in [1.807, 2.05) is 7.05 Å². The molecule has 1 aliphatic rings. The molecule has 28 heavy (non-hydrogen) atoms. The van der Waals surface area contributed by atoms with Crippen LogP contribution in [0.3, 0.4) is 0 Å². The van der Waals surface area contributed by atoms with Crippen molar-refractivity contribution < 1.29 is 9.47 Å². The molecule has 1 aromatic carbocycles. The molecule has 0 spiro atoms. The minimum atomic E-state index is 0. The van der Waals surface area contributed by atoms with Crippen LogP contribution in [0.1, 0.15) is 30.4 Å². The third kappa shape index (κ3) is 9.07. The zero-order valence-electron chi connectivity index (χ0n) is 17.8. The van der Waals surface area contributed by atoms with E-state index in [0.29, 0.717) is 6.10 Å². The number of benzene rings is 1. The molecule has 0 unspecified atom stereocenters. The van der Waals surface area contributed by atoms with E-state index >= 15 is 0 Å². The van der Waals surface area contributed by atoms with Gasteiger partial charge in [0, 0.05) is 53.6 Å². The summed E-state index contributed by atoms with van der Waals surface area (Å²) in [4.78, 5) is 8.97. The van der Waals surface area contributed by atoms with E-state index in [9.17, 15) is 0 Å². The second kappa shape index (κ2) is 14.1. The number of halogens is 1. The number of hydrogen-bond acceptors (Lipinski definition) is 4. The molecule has 2 rings (SSSR count). The van der Waals surface area contributed by atoms with E-state index in [-0.39, 0.29) is 24.0 Å². The van der Waals surface area contributed by atoms with Crippen LogP contribution >= 0.6 is 24.0 Å². The van der Waals surface area contributed by atoms with E-state index < -0.39 is 0 Å². The first-order chi connectivity index (χ1) is 13.1. The number of likely N-dealkylation sites (tertiary alicyclic amines) is 1. The number of guanidine groups is 1. The van der Waals surface area contributed by atoms with Crippen LogP contribution in [0, 0.1) is 0 Å². The third-order valence-corrected chi connectivity index (χ3v) is 4.77. The average molecular weight is 504 g/mol. The molecule has 0 radical (unpaired) electrons. The number of ether oxygens (including phenoxy) is 2. The minimum absolute atomic E-state index is 0. The fourth-order valence-corrected chi connectivity index (χ4v) is 3.33. The molecule has 0 amide bonds. The van der Waals surface area contributed by atoms with E-state index in [0.717, 1.165) is 64.6 Å². The molecule has 1 N–H and O–H groups in total. The number of aliphatic imine (C=N–C) groups is 1. The Morgan fingerprint density at radius 3 is 2.36 bits per heavy atom. The Bertz CT molecular complexity index is 558. The predicted octanol–water partition coefficient (Wildman–Crippen LogP) is 2.96. The van der Waals surface area contributed by atoms with Crippen LogP contribution < -0.4 is 5.32 Å². The Balaban J connectivity index is 0.00000392. The van der Waals surface area contributed by atoms with Gasteiger partial charge in [-0.25, -0.2) is 0 Å². The van der Waals surface area contributed by atoms with Crippen LogP contribution in [0.4, 0.5) is 0 Å². The van der Waals surface area contributed by atoms with Gasteiger partial charge < -0.3 is 24.6 Å². The molecule has 1 aliphatic heterocycles. The first kappa shape index (κ1) is 25.1. The van der Waals surface area contributed by atoms with Gasteiger partial charge in [0.05, 0.1) is 6.10 Å². The Morgan fingerprint density at radius 2 is 1.79 bits per heavy atom. The Morgan fingerprint density at radius 1 is 1.14 bits per heavy atom. The van der Waals surface area contributed by atoms with Gasteiger partial charge >= 0.3 is 0 Å². The van der Waals surface area contributed by atoms with Crippen molar-refractivity contribution >= 4 is 29.9 Å². The Hall–Kier alpha value is -0.900. The normalized spacial score (nSPS) is 15.6. The topological polar surface area (TPSA) is 49.3 Å². The van der Waals surface area contributed by atoms with Gasteiger partial charge in [0.15, 0.2) is 5.96 Å². The lowest BCUT2D eigenvalue weighted by atomic mass is 10.1. The summed E-state index contributed by atoms with van der Waals surface area (Å²) in [6.07, 6.45) is 3.42. The van der Waals surface area contributed by atoms with Crippen LogP contribution in [-0.2, 0) is 22.6 Å². The quantitative estimate of drug-likeness (QED) is 0.243. The fraction of sp³-hybridized carbons (Fsp3) is 0.667. The SMILES string of the molecule is CN=C(NCc1ccc(CN(C)C)cc1)N1CCC(OCCCOC)CC1.I. The summed E-state index contributed by atoms with van der Waals surface area (Å²) in [5.41, 5.74) is 2.61. The largest absolute Gasteiger partial charge is 0.385 e. The van der Waals surface area contributed by atoms with Gasteiger partial charge in [0.1, 0.15) is 0 Å². The second-order valence-electron chi connectivity index (χ2n) is 7.36. The molecule has 1 heterocycles. The van der Waals surface area contributed by atoms with Crippen LogP contribution in [0.2, 0.25) is 0 Å². The van der Waals surface area contributed by atoms with Crippen LogP contribution in [0.15, 0.2) is 29.3 Å². The van der Waals surface area contributed by atoms with Crippen molar-refractivity contribution in [1.29, 1.82) is 0 Å². The molecular formula is C21H37IN4O2. The third-order valence-electron chi connectivity index (χ3n) is 4.77. The van der Waals surface area contributed by atoms with Crippen LogP contribution in [0.25, 0.3) is 0 Å². The summed E-state index contributed by atoms with van der Waals surface area (Å²) in [6.45, 7) is 5.29. The summed E-state index contributed by atoms with van der Waals surface area (Å²) < 4.78 is 11.0. The molecule has 1 fully saturated rings. The van der Waals surface area contributed by atoms with Gasteiger partial charge in [-0.05, 0) is 44.5 Å². The maximum absolute atomic E-state index is 5.94. The number of piperidine rings is 1. The van der Waals surface area contributed by atoms with Crippen LogP contribution in [0.5, 0.6) is 0 Å². The van der Waals surface area contributed by atoms with Crippen molar-refractivity contribution in [1.82, 2.24) is 15.1 Å². The summed E-state index contributed by atoms with van der Waals surface area (Å²) in [7, 11) is 7.77. The highest BCUT2D eigenvalue weighted by Crippen LogP contribution is 2.14. The number of methoxy groups -OCH3 is 1. The summed E-state index contributed by atoms with van der Waals surface area (Å²) >= 11 is 0. The summed E-state index contributed by atoms with van der Waals surface area (Å²) in [5, 5.41) is 3.50. The molecular weight excluding hydrogens is 467 g/mol. The van der Waals surface area contributed by atoms with E-state index in [2.05, 4.69) is 58.5 Å². The lowest BCUT2D eigenvalue weighted by molar-refractivity contribution is 0.00989. The summed E-state index contributed by atoms with van der Waals surface area (Å²) in [5.74, 6) is 0.977. The molecule has 0 saturated carbocycles. The van der Waals surface area contributed by atoms with Crippen molar-refractivity contribution in [3.8, 4) is 0 Å². The first-order valence-electron chi connectivity index (χ1n) is 9.91. The van der Waals surface area contributed by atoms with Gasteiger partial charge in [-0.3, -0.25) is 4.99 Å². The highest BCUT2D eigenvalue weighted by molar-refractivity contribution is 14.0. The zero-order chi connectivity index (χ0) is 19.5. The molecule has 1 saturated heterocycles. The second-order valence-corrected chi connectivity index (χ2v) is 7.36. The fourth-order valence-electron chi connectivity index (χ4n) is 3.33. The van der Waals surface area contributed by atoms with Crippen molar-refractivity contribution in [2.24, 2.45) is 4.99 Å². The number of nitrogens with zero attached hydrogens (tertiary/aromatic N) is 3. The molecule has 0 bridgehead atoms.